The molecule has 5 heteroatoms. The number of benzene rings is 2. The van der Waals surface area contributed by atoms with Crippen molar-refractivity contribution in [2.75, 3.05) is 33.2 Å². The largest absolute Gasteiger partial charge is 0.319 e. The number of aliphatic imine (C=N–C) groups is 1. The van der Waals surface area contributed by atoms with Crippen LogP contribution in [-0.2, 0) is 12.8 Å². The molecule has 0 saturated carbocycles. The van der Waals surface area contributed by atoms with Crippen LogP contribution in [0.4, 0.5) is 0 Å². The predicted octanol–water partition coefficient (Wildman–Crippen LogP) is 8.15. The Bertz CT molecular complexity index is 1290. The summed E-state index contributed by atoms with van der Waals surface area (Å²) < 4.78 is 0. The van der Waals surface area contributed by atoms with Crippen LogP contribution in [0.1, 0.15) is 74.6 Å². The molecule has 1 unspecified atom stereocenters. The van der Waals surface area contributed by atoms with E-state index in [-0.39, 0.29) is 6.04 Å². The fraction of sp³-hybridized carbons (Fsp3) is 0.432. The second kappa shape index (κ2) is 16.8. The summed E-state index contributed by atoms with van der Waals surface area (Å²) in [6.45, 7) is 14.8. The second-order valence-corrected chi connectivity index (χ2v) is 13.0. The minimum atomic E-state index is -0.115. The lowest BCUT2D eigenvalue weighted by molar-refractivity contribution is 0.351. The zero-order valence-corrected chi connectivity index (χ0v) is 26.7. The van der Waals surface area contributed by atoms with Crippen LogP contribution in [0.25, 0.3) is 0 Å². The molecule has 2 aromatic carbocycles. The Balaban J connectivity index is 1.10. The Morgan fingerprint density at radius 3 is 2.52 bits per heavy atom. The van der Waals surface area contributed by atoms with Gasteiger partial charge in [0.2, 0.25) is 0 Å². The van der Waals surface area contributed by atoms with Crippen molar-refractivity contribution < 1.29 is 0 Å². The summed E-state index contributed by atoms with van der Waals surface area (Å²) in [5.41, 5.74) is 15.7. The van der Waals surface area contributed by atoms with Gasteiger partial charge >= 0.3 is 0 Å². The van der Waals surface area contributed by atoms with Crippen molar-refractivity contribution in [3.63, 3.8) is 0 Å². The van der Waals surface area contributed by atoms with E-state index in [0.29, 0.717) is 0 Å². The van der Waals surface area contributed by atoms with Crippen molar-refractivity contribution in [1.82, 2.24) is 10.2 Å². The maximum Gasteiger partial charge on any atom is 0.0689 e. The number of allylic oxidation sites excluding steroid dienone is 2. The lowest BCUT2D eigenvalue weighted by atomic mass is 9.99. The fourth-order valence-corrected chi connectivity index (χ4v) is 6.96. The highest BCUT2D eigenvalue weighted by atomic mass is 32.2. The molecule has 2 heterocycles. The zero-order valence-electron chi connectivity index (χ0n) is 25.8. The van der Waals surface area contributed by atoms with E-state index in [1.807, 2.05) is 36.2 Å². The topological polar surface area (TPSA) is 53.6 Å². The normalized spacial score (nSPS) is 17.1. The maximum atomic E-state index is 6.46. The summed E-state index contributed by atoms with van der Waals surface area (Å²) in [6.07, 6.45) is 11.9. The van der Waals surface area contributed by atoms with E-state index in [4.69, 9.17) is 5.73 Å². The second-order valence-electron chi connectivity index (χ2n) is 11.8. The van der Waals surface area contributed by atoms with Gasteiger partial charge in [-0.25, -0.2) is 0 Å². The van der Waals surface area contributed by atoms with Crippen LogP contribution in [0, 0.1) is 0 Å². The number of thioether (sulfide) groups is 1. The Hall–Kier alpha value is -2.70. The molecule has 0 amide bonds. The number of aryl methyl sites for hydroxylation is 1. The molecule has 42 heavy (non-hydrogen) atoms. The standard InChI is InChI=1S/C37H50N4S/c1-5-12-34(37-28(2)23-29(3)42-37)19-21-39-20-18-31-15-11-14-30(24-31)13-9-10-22-41(4)27-32-25-35(40-26-32)36(38)33-16-7-6-8-17-33/h6-8,11,14-17,24,26,36,39H,2-3,5,9-10,12-13,18-23,25,27,38H2,1,4H3/b37-34-. The third-order valence-electron chi connectivity index (χ3n) is 8.10. The molecule has 0 bridgehead atoms. The van der Waals surface area contributed by atoms with Crippen LogP contribution < -0.4 is 11.1 Å². The van der Waals surface area contributed by atoms with Crippen molar-refractivity contribution in [3.8, 4) is 0 Å². The lowest BCUT2D eigenvalue weighted by Crippen LogP contribution is -2.24. The summed E-state index contributed by atoms with van der Waals surface area (Å²) >= 11 is 1.84. The first-order chi connectivity index (χ1) is 20.4. The Morgan fingerprint density at radius 2 is 1.79 bits per heavy atom. The molecule has 0 aliphatic carbocycles. The van der Waals surface area contributed by atoms with E-state index in [2.05, 4.69) is 78.7 Å². The molecule has 0 radical (unpaired) electrons. The van der Waals surface area contributed by atoms with Crippen LogP contribution >= 0.6 is 11.8 Å². The van der Waals surface area contributed by atoms with Gasteiger partial charge in [0, 0.05) is 36.2 Å². The van der Waals surface area contributed by atoms with E-state index in [9.17, 15) is 0 Å². The summed E-state index contributed by atoms with van der Waals surface area (Å²) in [4.78, 5) is 9.71. The van der Waals surface area contributed by atoms with E-state index in [0.717, 1.165) is 76.0 Å². The molecule has 2 aliphatic rings. The molecule has 4 rings (SSSR count). The molecule has 0 spiro atoms. The van der Waals surface area contributed by atoms with Crippen LogP contribution in [0.5, 0.6) is 0 Å². The number of rotatable bonds is 17. The van der Waals surface area contributed by atoms with Crippen molar-refractivity contribution in [3.05, 3.63) is 117 Å². The molecular weight excluding hydrogens is 533 g/mol. The predicted molar refractivity (Wildman–Crippen MR) is 184 cm³/mol. The van der Waals surface area contributed by atoms with Crippen molar-refractivity contribution in [1.29, 1.82) is 0 Å². The van der Waals surface area contributed by atoms with Crippen molar-refractivity contribution >= 4 is 17.5 Å². The van der Waals surface area contributed by atoms with Gasteiger partial charge in [-0.3, -0.25) is 4.99 Å². The highest BCUT2D eigenvalue weighted by Gasteiger charge is 2.20. The highest BCUT2D eigenvalue weighted by Crippen LogP contribution is 2.45. The molecule has 224 valence electrons. The number of hydrogen-bond acceptors (Lipinski definition) is 5. The van der Waals surface area contributed by atoms with Crippen molar-refractivity contribution in [2.24, 2.45) is 10.7 Å². The molecule has 3 N–H and O–H groups in total. The Labute approximate surface area is 259 Å². The average Bonchev–Trinajstić information content (AvgIpc) is 3.60. The molecule has 1 fully saturated rings. The third kappa shape index (κ3) is 9.95. The number of nitrogens with one attached hydrogen (secondary N) is 1. The first kappa shape index (κ1) is 32.2. The lowest BCUT2D eigenvalue weighted by Gasteiger charge is -2.18. The van der Waals surface area contributed by atoms with Gasteiger partial charge in [-0.1, -0.05) is 98.4 Å². The third-order valence-corrected chi connectivity index (χ3v) is 9.32. The minimum absolute atomic E-state index is 0.115. The quantitative estimate of drug-likeness (QED) is 0.185. The van der Waals surface area contributed by atoms with E-state index in [1.54, 1.807) is 5.57 Å². The summed E-state index contributed by atoms with van der Waals surface area (Å²) in [7, 11) is 2.21. The number of nitrogens with two attached hydrogens (primary N) is 1. The first-order valence-corrected chi connectivity index (χ1v) is 16.5. The number of likely N-dealkylation sites (N-methyl/N-ethyl adjacent to an activating group) is 1. The number of nitrogens with zero attached hydrogens (tertiary/aromatic N) is 2. The Kier molecular flexibility index (Phi) is 12.9. The average molecular weight is 583 g/mol. The van der Waals surface area contributed by atoms with Gasteiger partial charge in [0.15, 0.2) is 0 Å². The first-order valence-electron chi connectivity index (χ1n) is 15.7. The molecule has 2 aromatic rings. The van der Waals surface area contributed by atoms with E-state index in [1.165, 1.54) is 51.3 Å². The molecule has 1 atom stereocenters. The summed E-state index contributed by atoms with van der Waals surface area (Å²) in [6, 6.07) is 19.3. The molecule has 2 aliphatic heterocycles. The molecule has 0 aromatic heterocycles. The van der Waals surface area contributed by atoms with Crippen LogP contribution in [0.2, 0.25) is 0 Å². The van der Waals surface area contributed by atoms with Crippen LogP contribution in [0.15, 0.2) is 105 Å². The molecule has 4 nitrogen and oxygen atoms in total. The minimum Gasteiger partial charge on any atom is -0.319 e. The van der Waals surface area contributed by atoms with Gasteiger partial charge in [-0.2, -0.15) is 0 Å². The van der Waals surface area contributed by atoms with E-state index >= 15 is 0 Å². The van der Waals surface area contributed by atoms with Gasteiger partial charge in [0.1, 0.15) is 0 Å². The van der Waals surface area contributed by atoms with Gasteiger partial charge in [0.25, 0.3) is 0 Å². The van der Waals surface area contributed by atoms with Gasteiger partial charge in [-0.15, -0.1) is 0 Å². The van der Waals surface area contributed by atoms with Gasteiger partial charge < -0.3 is 16.0 Å². The van der Waals surface area contributed by atoms with Crippen LogP contribution in [0.3, 0.4) is 0 Å². The van der Waals surface area contributed by atoms with Gasteiger partial charge in [-0.05, 0) is 97.9 Å². The summed E-state index contributed by atoms with van der Waals surface area (Å²) in [5.74, 6) is 0. The van der Waals surface area contributed by atoms with Crippen LogP contribution in [-0.4, -0.2) is 43.8 Å². The smallest absolute Gasteiger partial charge is 0.0689 e. The monoisotopic (exact) mass is 582 g/mol. The zero-order chi connectivity index (χ0) is 29.7. The van der Waals surface area contributed by atoms with Crippen molar-refractivity contribution in [2.45, 2.75) is 70.8 Å². The highest BCUT2D eigenvalue weighted by molar-refractivity contribution is 8.07. The maximum absolute atomic E-state index is 6.46. The Morgan fingerprint density at radius 1 is 1.00 bits per heavy atom. The SMILES string of the molecule is C=C1CC(=C)/C(=C(\CCC)CCNCCc2cccc(CCCCN(C)CC3=CN=C(C(N)c4ccccc4)C3)c2)S1. The number of hydrogen-bond donors (Lipinski definition) is 2. The molecule has 1 saturated heterocycles. The van der Waals surface area contributed by atoms with Gasteiger partial charge in [0.05, 0.1) is 6.04 Å². The molecular formula is C37H50N4S. The number of unbranched alkanes of at least 4 members (excludes halogenated alkanes) is 1. The fourth-order valence-electron chi connectivity index (χ4n) is 5.86. The van der Waals surface area contributed by atoms with E-state index < -0.39 is 0 Å². The summed E-state index contributed by atoms with van der Waals surface area (Å²) in [5, 5.41) is 3.68.